The molecular formula is C10H14FNO2S. The van der Waals surface area contributed by atoms with Crippen LogP contribution in [0.1, 0.15) is 13.3 Å². The number of hydrogen-bond acceptors (Lipinski definition) is 3. The van der Waals surface area contributed by atoms with E-state index in [1.165, 1.54) is 12.1 Å². The van der Waals surface area contributed by atoms with Crippen molar-refractivity contribution in [3.05, 3.63) is 30.1 Å². The fourth-order valence-corrected chi connectivity index (χ4v) is 2.92. The van der Waals surface area contributed by atoms with Crippen molar-refractivity contribution < 1.29 is 12.8 Å². The molecule has 5 heteroatoms. The van der Waals surface area contributed by atoms with Gasteiger partial charge < -0.3 is 5.73 Å². The number of halogens is 1. The fourth-order valence-electron chi connectivity index (χ4n) is 1.33. The van der Waals surface area contributed by atoms with E-state index < -0.39 is 20.9 Å². The Morgan fingerprint density at radius 3 is 2.27 bits per heavy atom. The van der Waals surface area contributed by atoms with E-state index in [-0.39, 0.29) is 11.4 Å². The Bertz CT molecular complexity index is 410. The second kappa shape index (κ2) is 4.72. The van der Waals surface area contributed by atoms with Gasteiger partial charge in [-0.3, -0.25) is 0 Å². The van der Waals surface area contributed by atoms with Crippen LogP contribution in [0.15, 0.2) is 29.2 Å². The molecule has 0 spiro atoms. The maximum Gasteiger partial charge on any atom is 0.182 e. The smallest absolute Gasteiger partial charge is 0.182 e. The van der Waals surface area contributed by atoms with Crippen molar-refractivity contribution >= 4 is 9.84 Å². The first kappa shape index (κ1) is 12.1. The van der Waals surface area contributed by atoms with E-state index in [0.717, 1.165) is 12.1 Å². The van der Waals surface area contributed by atoms with Gasteiger partial charge in [-0.05, 0) is 30.7 Å². The molecule has 1 rings (SSSR count). The summed E-state index contributed by atoms with van der Waals surface area (Å²) in [4.78, 5) is 0.126. The molecular weight excluding hydrogens is 217 g/mol. The number of rotatable bonds is 4. The van der Waals surface area contributed by atoms with Gasteiger partial charge >= 0.3 is 0 Å². The second-order valence-corrected chi connectivity index (χ2v) is 5.49. The van der Waals surface area contributed by atoms with Crippen LogP contribution in [0, 0.1) is 5.82 Å². The Labute approximate surface area is 89.0 Å². The van der Waals surface area contributed by atoms with Crippen LogP contribution in [-0.4, -0.2) is 20.2 Å². The van der Waals surface area contributed by atoms with E-state index in [9.17, 15) is 12.8 Å². The Morgan fingerprint density at radius 1 is 1.33 bits per heavy atom. The highest BCUT2D eigenvalue weighted by Gasteiger charge is 2.24. The summed E-state index contributed by atoms with van der Waals surface area (Å²) in [6, 6.07) is 4.80. The van der Waals surface area contributed by atoms with Gasteiger partial charge in [-0.2, -0.15) is 0 Å². The Kier molecular flexibility index (Phi) is 3.82. The molecule has 0 heterocycles. The molecule has 0 radical (unpaired) electrons. The lowest BCUT2D eigenvalue weighted by Gasteiger charge is -2.13. The van der Waals surface area contributed by atoms with E-state index in [4.69, 9.17) is 5.73 Å². The number of nitrogens with two attached hydrogens (primary N) is 1. The second-order valence-electron chi connectivity index (χ2n) is 3.26. The van der Waals surface area contributed by atoms with Crippen LogP contribution in [0.3, 0.4) is 0 Å². The molecule has 1 unspecified atom stereocenters. The predicted molar refractivity (Wildman–Crippen MR) is 56.7 cm³/mol. The SMILES string of the molecule is CCC(CN)S(=O)(=O)c1ccc(F)cc1. The average Bonchev–Trinajstić information content (AvgIpc) is 2.19. The lowest BCUT2D eigenvalue weighted by molar-refractivity contribution is 0.575. The summed E-state index contributed by atoms with van der Waals surface area (Å²) in [5.74, 6) is -0.449. The van der Waals surface area contributed by atoms with Crippen LogP contribution in [0.5, 0.6) is 0 Å². The monoisotopic (exact) mass is 231 g/mol. The molecule has 0 aliphatic carbocycles. The van der Waals surface area contributed by atoms with Gasteiger partial charge in [0.1, 0.15) is 5.82 Å². The molecule has 0 amide bonds. The summed E-state index contributed by atoms with van der Waals surface area (Å²) < 4.78 is 36.4. The molecule has 0 bridgehead atoms. The van der Waals surface area contributed by atoms with Crippen LogP contribution in [0.2, 0.25) is 0 Å². The molecule has 1 aromatic rings. The summed E-state index contributed by atoms with van der Waals surface area (Å²) >= 11 is 0. The molecule has 0 saturated heterocycles. The van der Waals surface area contributed by atoms with Crippen LogP contribution >= 0.6 is 0 Å². The van der Waals surface area contributed by atoms with Gasteiger partial charge in [-0.15, -0.1) is 0 Å². The standard InChI is InChI=1S/C10H14FNO2S/c1-2-9(7-12)15(13,14)10-5-3-8(11)4-6-10/h3-6,9H,2,7,12H2,1H3. The minimum Gasteiger partial charge on any atom is -0.329 e. The molecule has 0 fully saturated rings. The van der Waals surface area contributed by atoms with Gasteiger partial charge in [-0.25, -0.2) is 12.8 Å². The van der Waals surface area contributed by atoms with Crippen molar-refractivity contribution in [3.8, 4) is 0 Å². The highest BCUT2D eigenvalue weighted by Crippen LogP contribution is 2.17. The first-order valence-corrected chi connectivity index (χ1v) is 6.26. The highest BCUT2D eigenvalue weighted by molar-refractivity contribution is 7.92. The Morgan fingerprint density at radius 2 is 1.87 bits per heavy atom. The van der Waals surface area contributed by atoms with Crippen LogP contribution in [-0.2, 0) is 9.84 Å². The summed E-state index contributed by atoms with van der Waals surface area (Å²) in [5.41, 5.74) is 5.38. The lowest BCUT2D eigenvalue weighted by atomic mass is 10.3. The van der Waals surface area contributed by atoms with Crippen molar-refractivity contribution in [2.45, 2.75) is 23.5 Å². The first-order valence-electron chi connectivity index (χ1n) is 4.72. The maximum atomic E-state index is 12.6. The van der Waals surface area contributed by atoms with Gasteiger partial charge in [0.05, 0.1) is 10.1 Å². The molecule has 3 nitrogen and oxygen atoms in total. The third-order valence-electron chi connectivity index (χ3n) is 2.30. The van der Waals surface area contributed by atoms with E-state index in [0.29, 0.717) is 6.42 Å². The van der Waals surface area contributed by atoms with Crippen LogP contribution < -0.4 is 5.73 Å². The maximum absolute atomic E-state index is 12.6. The molecule has 0 aliphatic rings. The van der Waals surface area contributed by atoms with Crippen molar-refractivity contribution in [3.63, 3.8) is 0 Å². The van der Waals surface area contributed by atoms with Crippen molar-refractivity contribution in [1.82, 2.24) is 0 Å². The van der Waals surface area contributed by atoms with Crippen molar-refractivity contribution in [2.75, 3.05) is 6.54 Å². The van der Waals surface area contributed by atoms with Gasteiger partial charge in [0.15, 0.2) is 9.84 Å². The zero-order valence-corrected chi connectivity index (χ0v) is 9.30. The fraction of sp³-hybridized carbons (Fsp3) is 0.400. The summed E-state index contributed by atoms with van der Waals surface area (Å²) in [6.45, 7) is 1.84. The Hall–Kier alpha value is -0.940. The van der Waals surface area contributed by atoms with E-state index in [1.54, 1.807) is 6.92 Å². The summed E-state index contributed by atoms with van der Waals surface area (Å²) in [6.07, 6.45) is 0.455. The average molecular weight is 231 g/mol. The van der Waals surface area contributed by atoms with E-state index in [2.05, 4.69) is 0 Å². The van der Waals surface area contributed by atoms with Crippen LogP contribution in [0.25, 0.3) is 0 Å². The molecule has 2 N–H and O–H groups in total. The largest absolute Gasteiger partial charge is 0.329 e. The molecule has 0 saturated carbocycles. The lowest BCUT2D eigenvalue weighted by Crippen LogP contribution is -2.29. The minimum atomic E-state index is -3.41. The minimum absolute atomic E-state index is 0.0796. The summed E-state index contributed by atoms with van der Waals surface area (Å²) in [5, 5.41) is -0.594. The van der Waals surface area contributed by atoms with Gasteiger partial charge in [0.25, 0.3) is 0 Å². The topological polar surface area (TPSA) is 60.2 Å². The number of sulfone groups is 1. The normalized spacial score (nSPS) is 13.8. The zero-order valence-electron chi connectivity index (χ0n) is 8.48. The van der Waals surface area contributed by atoms with E-state index in [1.807, 2.05) is 0 Å². The van der Waals surface area contributed by atoms with Gasteiger partial charge in [0.2, 0.25) is 0 Å². The molecule has 84 valence electrons. The first-order chi connectivity index (χ1) is 7.02. The van der Waals surface area contributed by atoms with Gasteiger partial charge in [0, 0.05) is 6.54 Å². The Balaban J connectivity index is 3.11. The highest BCUT2D eigenvalue weighted by atomic mass is 32.2. The number of benzene rings is 1. The third-order valence-corrected chi connectivity index (χ3v) is 4.63. The zero-order chi connectivity index (χ0) is 11.5. The molecule has 0 aromatic heterocycles. The third kappa shape index (κ3) is 2.54. The molecule has 15 heavy (non-hydrogen) atoms. The molecule has 0 aliphatic heterocycles. The van der Waals surface area contributed by atoms with Gasteiger partial charge in [-0.1, -0.05) is 6.92 Å². The number of hydrogen-bond donors (Lipinski definition) is 1. The molecule has 1 aromatic carbocycles. The van der Waals surface area contributed by atoms with Crippen molar-refractivity contribution in [1.29, 1.82) is 0 Å². The van der Waals surface area contributed by atoms with E-state index >= 15 is 0 Å². The molecule has 1 atom stereocenters. The van der Waals surface area contributed by atoms with Crippen molar-refractivity contribution in [2.24, 2.45) is 5.73 Å². The predicted octanol–water partition coefficient (Wildman–Crippen LogP) is 1.34. The summed E-state index contributed by atoms with van der Waals surface area (Å²) in [7, 11) is -3.41. The van der Waals surface area contributed by atoms with Crippen LogP contribution in [0.4, 0.5) is 4.39 Å². The quantitative estimate of drug-likeness (QED) is 0.795.